The zero-order valence-electron chi connectivity index (χ0n) is 11.5. The van der Waals surface area contributed by atoms with Gasteiger partial charge in [0.1, 0.15) is 6.10 Å². The van der Waals surface area contributed by atoms with Crippen LogP contribution >= 0.6 is 0 Å². The Hall–Kier alpha value is -2.05. The number of aliphatic carboxylic acids is 1. The molecule has 0 spiro atoms. The number of rotatable bonds is 5. The predicted molar refractivity (Wildman–Crippen MR) is 69.1 cm³/mol. The van der Waals surface area contributed by atoms with E-state index in [4.69, 9.17) is 14.2 Å². The topological polar surface area (TPSA) is 90.8 Å². The SMILES string of the molecule is COc1cc(OC)nc(O[C@@H]2CCCC[C@H]2C(=O)O)n1. The van der Waals surface area contributed by atoms with Crippen LogP contribution < -0.4 is 14.2 Å². The molecule has 1 aromatic rings. The lowest BCUT2D eigenvalue weighted by Crippen LogP contribution is -2.36. The van der Waals surface area contributed by atoms with E-state index in [1.165, 1.54) is 20.3 Å². The smallest absolute Gasteiger partial charge is 0.323 e. The van der Waals surface area contributed by atoms with E-state index in [0.717, 1.165) is 12.8 Å². The molecule has 0 unspecified atom stereocenters. The van der Waals surface area contributed by atoms with Crippen molar-refractivity contribution < 1.29 is 24.1 Å². The van der Waals surface area contributed by atoms with Crippen LogP contribution in [0.5, 0.6) is 17.8 Å². The summed E-state index contributed by atoms with van der Waals surface area (Å²) in [6, 6.07) is 1.61. The van der Waals surface area contributed by atoms with Gasteiger partial charge < -0.3 is 19.3 Å². The van der Waals surface area contributed by atoms with Crippen LogP contribution in [0.2, 0.25) is 0 Å². The van der Waals surface area contributed by atoms with Crippen LogP contribution in [-0.2, 0) is 4.79 Å². The van der Waals surface area contributed by atoms with Gasteiger partial charge in [0, 0.05) is 0 Å². The number of ether oxygens (including phenoxy) is 3. The van der Waals surface area contributed by atoms with Crippen LogP contribution in [0.4, 0.5) is 0 Å². The Kier molecular flexibility index (Phi) is 4.60. The van der Waals surface area contributed by atoms with Crippen molar-refractivity contribution in [3.05, 3.63) is 6.07 Å². The monoisotopic (exact) mass is 282 g/mol. The first-order valence-corrected chi connectivity index (χ1v) is 6.50. The van der Waals surface area contributed by atoms with Crippen molar-refractivity contribution in [2.45, 2.75) is 31.8 Å². The summed E-state index contributed by atoms with van der Waals surface area (Å²) in [7, 11) is 2.96. The van der Waals surface area contributed by atoms with Crippen molar-refractivity contribution in [3.8, 4) is 17.8 Å². The Balaban J connectivity index is 2.17. The minimum absolute atomic E-state index is 0.0827. The van der Waals surface area contributed by atoms with Crippen LogP contribution in [0.3, 0.4) is 0 Å². The van der Waals surface area contributed by atoms with Gasteiger partial charge in [0.2, 0.25) is 11.8 Å². The van der Waals surface area contributed by atoms with Gasteiger partial charge >= 0.3 is 12.0 Å². The van der Waals surface area contributed by atoms with Crippen molar-refractivity contribution in [1.82, 2.24) is 9.97 Å². The molecule has 2 rings (SSSR count). The van der Waals surface area contributed by atoms with Crippen molar-refractivity contribution in [3.63, 3.8) is 0 Å². The number of carbonyl (C=O) groups is 1. The van der Waals surface area contributed by atoms with Gasteiger partial charge in [-0.05, 0) is 19.3 Å². The molecule has 1 saturated carbocycles. The Morgan fingerprint density at radius 1 is 1.20 bits per heavy atom. The van der Waals surface area contributed by atoms with Crippen molar-refractivity contribution >= 4 is 5.97 Å². The maximum atomic E-state index is 11.2. The first-order chi connectivity index (χ1) is 9.63. The highest BCUT2D eigenvalue weighted by atomic mass is 16.5. The average Bonchev–Trinajstić information content (AvgIpc) is 2.47. The van der Waals surface area contributed by atoms with Crippen LogP contribution in [0.1, 0.15) is 25.7 Å². The van der Waals surface area contributed by atoms with Gasteiger partial charge in [0.25, 0.3) is 0 Å². The highest BCUT2D eigenvalue weighted by Crippen LogP contribution is 2.29. The van der Waals surface area contributed by atoms with E-state index in [9.17, 15) is 9.90 Å². The van der Waals surface area contributed by atoms with Gasteiger partial charge in [-0.3, -0.25) is 4.79 Å². The first-order valence-electron chi connectivity index (χ1n) is 6.50. The molecule has 1 aliphatic carbocycles. The van der Waals surface area contributed by atoms with Crippen LogP contribution in [0.15, 0.2) is 6.07 Å². The number of nitrogens with zero attached hydrogens (tertiary/aromatic N) is 2. The van der Waals surface area contributed by atoms with Gasteiger partial charge in [-0.15, -0.1) is 0 Å². The summed E-state index contributed by atoms with van der Waals surface area (Å²) >= 11 is 0. The molecule has 1 N–H and O–H groups in total. The fourth-order valence-corrected chi connectivity index (χ4v) is 2.30. The molecule has 1 aromatic heterocycles. The third-order valence-corrected chi connectivity index (χ3v) is 3.35. The van der Waals surface area contributed by atoms with Crippen molar-refractivity contribution in [2.75, 3.05) is 14.2 Å². The molecule has 2 atom stereocenters. The normalized spacial score (nSPS) is 22.1. The molecule has 0 radical (unpaired) electrons. The lowest BCUT2D eigenvalue weighted by Gasteiger charge is -2.28. The number of carboxylic acid groups (broad SMARTS) is 1. The van der Waals surface area contributed by atoms with E-state index in [1.54, 1.807) is 0 Å². The molecule has 20 heavy (non-hydrogen) atoms. The highest BCUT2D eigenvalue weighted by Gasteiger charge is 2.33. The second-order valence-corrected chi connectivity index (χ2v) is 4.62. The van der Waals surface area contributed by atoms with Crippen LogP contribution in [0.25, 0.3) is 0 Å². The summed E-state index contributed by atoms with van der Waals surface area (Å²) in [4.78, 5) is 19.3. The summed E-state index contributed by atoms with van der Waals surface area (Å²) < 4.78 is 15.7. The lowest BCUT2D eigenvalue weighted by atomic mass is 9.86. The number of carboxylic acids is 1. The fraction of sp³-hybridized carbons (Fsp3) is 0.615. The van der Waals surface area contributed by atoms with Gasteiger partial charge in [-0.2, -0.15) is 9.97 Å². The number of hydrogen-bond donors (Lipinski definition) is 1. The van der Waals surface area contributed by atoms with E-state index < -0.39 is 18.0 Å². The summed E-state index contributed by atoms with van der Waals surface area (Å²) in [6.07, 6.45) is 2.72. The molecule has 0 saturated heterocycles. The number of hydrogen-bond acceptors (Lipinski definition) is 6. The van der Waals surface area contributed by atoms with E-state index in [0.29, 0.717) is 24.6 Å². The maximum absolute atomic E-state index is 11.2. The standard InChI is InChI=1S/C13H18N2O5/c1-18-10-7-11(19-2)15-13(14-10)20-9-6-4-3-5-8(9)12(16)17/h7-9H,3-6H2,1-2H3,(H,16,17)/t8-,9-/m1/s1. The summed E-state index contributed by atoms with van der Waals surface area (Å²) in [5.41, 5.74) is 0. The first kappa shape index (κ1) is 14.4. The molecule has 0 bridgehead atoms. The van der Waals surface area contributed by atoms with Crippen molar-refractivity contribution in [2.24, 2.45) is 5.92 Å². The zero-order chi connectivity index (χ0) is 14.5. The molecule has 1 aliphatic rings. The average molecular weight is 282 g/mol. The molecule has 0 aliphatic heterocycles. The third-order valence-electron chi connectivity index (χ3n) is 3.35. The molecule has 110 valence electrons. The molecular formula is C13H18N2O5. The molecule has 1 heterocycles. The molecule has 7 heteroatoms. The van der Waals surface area contributed by atoms with Gasteiger partial charge in [-0.1, -0.05) is 6.42 Å². The lowest BCUT2D eigenvalue weighted by molar-refractivity contribution is -0.146. The quantitative estimate of drug-likeness (QED) is 0.875. The second kappa shape index (κ2) is 6.40. The summed E-state index contributed by atoms with van der Waals surface area (Å²) in [6.45, 7) is 0. The maximum Gasteiger partial charge on any atom is 0.323 e. The molecular weight excluding hydrogens is 264 g/mol. The molecule has 1 fully saturated rings. The number of aromatic nitrogens is 2. The largest absolute Gasteiger partial charge is 0.481 e. The van der Waals surface area contributed by atoms with E-state index in [-0.39, 0.29) is 6.01 Å². The minimum Gasteiger partial charge on any atom is -0.481 e. The van der Waals surface area contributed by atoms with E-state index in [2.05, 4.69) is 9.97 Å². The Bertz CT molecular complexity index is 458. The molecule has 0 amide bonds. The zero-order valence-corrected chi connectivity index (χ0v) is 11.5. The van der Waals surface area contributed by atoms with Crippen molar-refractivity contribution in [1.29, 1.82) is 0 Å². The predicted octanol–water partition coefficient (Wildman–Crippen LogP) is 1.52. The van der Waals surface area contributed by atoms with Gasteiger partial charge in [0.15, 0.2) is 0 Å². The minimum atomic E-state index is -0.843. The second-order valence-electron chi connectivity index (χ2n) is 4.62. The van der Waals surface area contributed by atoms with Gasteiger partial charge in [-0.25, -0.2) is 0 Å². The fourth-order valence-electron chi connectivity index (χ4n) is 2.30. The summed E-state index contributed by atoms with van der Waals surface area (Å²) in [5.74, 6) is -0.738. The Morgan fingerprint density at radius 3 is 2.35 bits per heavy atom. The highest BCUT2D eigenvalue weighted by molar-refractivity contribution is 5.70. The van der Waals surface area contributed by atoms with Crippen LogP contribution in [-0.4, -0.2) is 41.4 Å². The molecule has 7 nitrogen and oxygen atoms in total. The Labute approximate surface area is 116 Å². The number of methoxy groups -OCH3 is 2. The molecule has 0 aromatic carbocycles. The van der Waals surface area contributed by atoms with E-state index in [1.807, 2.05) is 0 Å². The third kappa shape index (κ3) is 3.28. The van der Waals surface area contributed by atoms with E-state index >= 15 is 0 Å². The Morgan fingerprint density at radius 2 is 1.80 bits per heavy atom. The van der Waals surface area contributed by atoms with Gasteiger partial charge in [0.05, 0.1) is 26.2 Å². The summed E-state index contributed by atoms with van der Waals surface area (Å²) in [5, 5.41) is 9.22. The van der Waals surface area contributed by atoms with Crippen LogP contribution in [0, 0.1) is 5.92 Å².